The quantitative estimate of drug-likeness (QED) is 0.185. The van der Waals surface area contributed by atoms with Crippen molar-refractivity contribution in [3.8, 4) is 17.0 Å². The van der Waals surface area contributed by atoms with Crippen molar-refractivity contribution in [3.05, 3.63) is 30.5 Å². The number of unbranched alkanes of at least 4 members (excludes halogenated alkanes) is 1. The second-order valence-electron chi connectivity index (χ2n) is 8.81. The van der Waals surface area contributed by atoms with Gasteiger partial charge >= 0.3 is 5.97 Å². The van der Waals surface area contributed by atoms with Crippen molar-refractivity contribution < 1.29 is 33.2 Å². The normalized spacial score (nSPS) is 24.1. The van der Waals surface area contributed by atoms with Gasteiger partial charge in [0.25, 0.3) is 0 Å². The highest BCUT2D eigenvalue weighted by Crippen LogP contribution is 2.34. The SMILES string of the molecule is COc1ccc(-c2c[n+](CC3OC(OCCCCC(=O)NS)C(C)[C@@H](C)[C@H]3OC(C)=O)[nH]n2)cc1. The van der Waals surface area contributed by atoms with Crippen molar-refractivity contribution in [2.24, 2.45) is 11.8 Å². The first-order chi connectivity index (χ1) is 16.8. The largest absolute Gasteiger partial charge is 0.497 e. The highest BCUT2D eigenvalue weighted by Gasteiger charge is 2.45. The number of hydrogen-bond acceptors (Lipinski definition) is 8. The summed E-state index contributed by atoms with van der Waals surface area (Å²) in [6, 6.07) is 7.63. The number of carbonyl (C=O) groups is 2. The van der Waals surface area contributed by atoms with Crippen LogP contribution in [0, 0.1) is 11.8 Å². The van der Waals surface area contributed by atoms with Crippen molar-refractivity contribution in [1.29, 1.82) is 0 Å². The van der Waals surface area contributed by atoms with E-state index in [4.69, 9.17) is 18.9 Å². The van der Waals surface area contributed by atoms with Crippen LogP contribution in [0.1, 0.15) is 40.0 Å². The van der Waals surface area contributed by atoms with Crippen LogP contribution in [0.5, 0.6) is 5.75 Å². The molecule has 0 aliphatic carbocycles. The lowest BCUT2D eigenvalue weighted by Crippen LogP contribution is -2.57. The number of aromatic amines is 1. The summed E-state index contributed by atoms with van der Waals surface area (Å²) in [4.78, 5) is 23.1. The minimum Gasteiger partial charge on any atom is -0.497 e. The maximum atomic E-state index is 11.8. The average Bonchev–Trinajstić information content (AvgIpc) is 3.32. The van der Waals surface area contributed by atoms with Crippen molar-refractivity contribution in [3.63, 3.8) is 0 Å². The number of nitrogens with one attached hydrogen (secondary N) is 2. The number of esters is 1. The van der Waals surface area contributed by atoms with E-state index >= 15 is 0 Å². The van der Waals surface area contributed by atoms with E-state index in [1.54, 1.807) is 7.11 Å². The fourth-order valence-electron chi connectivity index (χ4n) is 4.13. The van der Waals surface area contributed by atoms with Crippen molar-refractivity contribution in [2.75, 3.05) is 13.7 Å². The number of H-pyrrole nitrogens is 1. The number of carbonyl (C=O) groups excluding carboxylic acids is 2. The van der Waals surface area contributed by atoms with Gasteiger partial charge in [0.05, 0.1) is 7.11 Å². The molecule has 35 heavy (non-hydrogen) atoms. The average molecular weight is 508 g/mol. The van der Waals surface area contributed by atoms with Crippen LogP contribution >= 0.6 is 12.8 Å². The van der Waals surface area contributed by atoms with Crippen molar-refractivity contribution in [2.45, 2.75) is 65.1 Å². The maximum absolute atomic E-state index is 11.8. The molecule has 1 amide bonds. The molecule has 11 heteroatoms. The molecule has 0 spiro atoms. The number of nitrogens with zero attached hydrogens (tertiary/aromatic N) is 2. The minimum atomic E-state index is -0.454. The number of benzene rings is 1. The number of ether oxygens (including phenoxy) is 4. The topological polar surface area (TPSA) is 116 Å². The third kappa shape index (κ3) is 7.42. The van der Waals surface area contributed by atoms with E-state index in [0.29, 0.717) is 26.0 Å². The Morgan fingerprint density at radius 2 is 1.94 bits per heavy atom. The summed E-state index contributed by atoms with van der Waals surface area (Å²) in [7, 11) is 1.63. The van der Waals surface area contributed by atoms with Gasteiger partial charge < -0.3 is 23.7 Å². The Morgan fingerprint density at radius 1 is 1.20 bits per heavy atom. The highest BCUT2D eigenvalue weighted by molar-refractivity contribution is 7.78. The summed E-state index contributed by atoms with van der Waals surface area (Å²) in [5.74, 6) is 0.341. The third-order valence-corrected chi connectivity index (χ3v) is 6.55. The molecule has 3 unspecified atom stereocenters. The van der Waals surface area contributed by atoms with Crippen molar-refractivity contribution >= 4 is 24.7 Å². The lowest BCUT2D eigenvalue weighted by Gasteiger charge is -2.43. The molecule has 1 aromatic heterocycles. The second kappa shape index (κ2) is 12.9. The Balaban J connectivity index is 1.66. The van der Waals surface area contributed by atoms with Gasteiger partial charge in [0, 0.05) is 42.4 Å². The van der Waals surface area contributed by atoms with Crippen LogP contribution in [-0.2, 0) is 30.3 Å². The lowest BCUT2D eigenvalue weighted by atomic mass is 9.84. The third-order valence-electron chi connectivity index (χ3n) is 6.30. The summed E-state index contributed by atoms with van der Waals surface area (Å²) in [6.45, 7) is 6.34. The Labute approximate surface area is 211 Å². The smallest absolute Gasteiger partial charge is 0.303 e. The van der Waals surface area contributed by atoms with Gasteiger partial charge in [0.1, 0.15) is 24.5 Å². The van der Waals surface area contributed by atoms with E-state index in [2.05, 4.69) is 27.8 Å². The Morgan fingerprint density at radius 3 is 2.60 bits per heavy atom. The molecular formula is C24H35N4O6S+. The summed E-state index contributed by atoms with van der Waals surface area (Å²) in [5.41, 5.74) is 1.71. The number of amides is 1. The molecule has 1 aliphatic heterocycles. The molecule has 3 rings (SSSR count). The summed E-state index contributed by atoms with van der Waals surface area (Å²) in [6.07, 6.45) is 2.39. The number of methoxy groups -OCH3 is 1. The fourth-order valence-corrected chi connectivity index (χ4v) is 4.24. The van der Waals surface area contributed by atoms with Crippen LogP contribution < -0.4 is 14.1 Å². The van der Waals surface area contributed by atoms with Crippen LogP contribution in [0.3, 0.4) is 0 Å². The van der Waals surface area contributed by atoms with Crippen LogP contribution in [0.4, 0.5) is 0 Å². The van der Waals surface area contributed by atoms with Gasteiger partial charge in [0.15, 0.2) is 12.5 Å². The Kier molecular flexibility index (Phi) is 9.93. The molecule has 10 nitrogen and oxygen atoms in total. The van der Waals surface area contributed by atoms with Gasteiger partial charge in [0.2, 0.25) is 11.6 Å². The van der Waals surface area contributed by atoms with E-state index in [1.807, 2.05) is 49.0 Å². The van der Waals surface area contributed by atoms with Gasteiger partial charge in [-0.05, 0) is 37.1 Å². The van der Waals surface area contributed by atoms with Gasteiger partial charge in [-0.15, -0.1) is 0 Å². The molecule has 1 fully saturated rings. The molecule has 0 saturated carbocycles. The minimum absolute atomic E-state index is 0.0120. The van der Waals surface area contributed by atoms with Crippen LogP contribution in [0.15, 0.2) is 30.5 Å². The second-order valence-corrected chi connectivity index (χ2v) is 9.03. The molecule has 1 aromatic carbocycles. The lowest BCUT2D eigenvalue weighted by molar-refractivity contribution is -0.761. The van der Waals surface area contributed by atoms with Crippen LogP contribution in [0.25, 0.3) is 11.3 Å². The van der Waals surface area contributed by atoms with Crippen LogP contribution in [0.2, 0.25) is 0 Å². The number of thiol groups is 1. The van der Waals surface area contributed by atoms with E-state index in [0.717, 1.165) is 23.4 Å². The maximum Gasteiger partial charge on any atom is 0.303 e. The fraction of sp³-hybridized carbons (Fsp3) is 0.583. The molecule has 1 saturated heterocycles. The Bertz CT molecular complexity index is 969. The molecule has 0 bridgehead atoms. The first-order valence-electron chi connectivity index (χ1n) is 11.8. The molecule has 2 N–H and O–H groups in total. The summed E-state index contributed by atoms with van der Waals surface area (Å²) >= 11 is 3.76. The zero-order chi connectivity index (χ0) is 25.4. The van der Waals surface area contributed by atoms with Gasteiger partial charge in [-0.3, -0.25) is 9.59 Å². The van der Waals surface area contributed by atoms with E-state index in [1.165, 1.54) is 6.92 Å². The first-order valence-corrected chi connectivity index (χ1v) is 12.2. The predicted octanol–water partition coefficient (Wildman–Crippen LogP) is 2.45. The molecule has 1 aliphatic rings. The zero-order valence-electron chi connectivity index (χ0n) is 20.6. The van der Waals surface area contributed by atoms with E-state index < -0.39 is 18.5 Å². The Hall–Kier alpha value is -2.63. The van der Waals surface area contributed by atoms with E-state index in [9.17, 15) is 9.59 Å². The number of hydrogen-bond donors (Lipinski definition) is 3. The standard InChI is InChI=1S/C24H34N4O6S/c1-15-16(2)24(32-12-6-5-7-22(30)26-35)34-21(23(15)33-17(3)29)14-28-13-20(25-27-28)18-8-10-19(31-4)11-9-18/h8-11,13,15-16,21,23-24H,5-7,12,14H2,1-4H3,(H2,25,26,27,30,35)/p+1/t15-,16?,21?,23-,24?/m1/s1. The predicted molar refractivity (Wildman–Crippen MR) is 130 cm³/mol. The zero-order valence-corrected chi connectivity index (χ0v) is 21.5. The van der Waals surface area contributed by atoms with Gasteiger partial charge in [-0.1, -0.05) is 31.9 Å². The monoisotopic (exact) mass is 507 g/mol. The van der Waals surface area contributed by atoms with Gasteiger partial charge in [-0.2, -0.15) is 4.68 Å². The van der Waals surface area contributed by atoms with Gasteiger partial charge in [-0.25, -0.2) is 0 Å². The summed E-state index contributed by atoms with van der Waals surface area (Å²) in [5, 5.41) is 7.40. The number of aromatic nitrogens is 3. The number of rotatable bonds is 11. The molecule has 192 valence electrons. The van der Waals surface area contributed by atoms with E-state index in [-0.39, 0.29) is 23.7 Å². The molecule has 5 atom stereocenters. The van der Waals surface area contributed by atoms with Crippen molar-refractivity contribution in [1.82, 2.24) is 15.0 Å². The highest BCUT2D eigenvalue weighted by atomic mass is 32.1. The summed E-state index contributed by atoms with van der Waals surface area (Å²) < 4.78 is 27.4. The molecule has 2 heterocycles. The molecular weight excluding hydrogens is 472 g/mol. The molecule has 0 radical (unpaired) electrons. The molecule has 2 aromatic rings. The van der Waals surface area contributed by atoms with Crippen LogP contribution in [-0.4, -0.2) is 54.4 Å². The first kappa shape index (κ1) is 27.0.